The fourth-order valence-corrected chi connectivity index (χ4v) is 7.86. The number of carbonyl (C=O) groups excluding carboxylic acids is 3. The van der Waals surface area contributed by atoms with Crippen molar-refractivity contribution in [2.45, 2.75) is 271 Å². The zero-order valence-corrected chi connectivity index (χ0v) is 45.0. The van der Waals surface area contributed by atoms with Crippen molar-refractivity contribution in [3.05, 3.63) is 97.2 Å². The average molecular weight is 960 g/mol. The highest BCUT2D eigenvalue weighted by Crippen LogP contribution is 2.16. The van der Waals surface area contributed by atoms with Crippen molar-refractivity contribution in [3.8, 4) is 0 Å². The van der Waals surface area contributed by atoms with Gasteiger partial charge in [-0.3, -0.25) is 14.4 Å². The van der Waals surface area contributed by atoms with Crippen molar-refractivity contribution in [3.63, 3.8) is 0 Å². The fourth-order valence-electron chi connectivity index (χ4n) is 7.86. The third-order valence-electron chi connectivity index (χ3n) is 12.1. The predicted molar refractivity (Wildman–Crippen MR) is 297 cm³/mol. The van der Waals surface area contributed by atoms with Gasteiger partial charge in [0.2, 0.25) is 0 Å². The summed E-state index contributed by atoms with van der Waals surface area (Å²) in [6.45, 7) is 6.35. The number of ether oxygens (including phenoxy) is 3. The van der Waals surface area contributed by atoms with Crippen LogP contribution in [0.2, 0.25) is 0 Å². The maximum absolute atomic E-state index is 12.9. The Kier molecular flexibility index (Phi) is 53.9. The summed E-state index contributed by atoms with van der Waals surface area (Å²) in [7, 11) is 0. The van der Waals surface area contributed by atoms with Gasteiger partial charge in [-0.2, -0.15) is 0 Å². The molecule has 0 heterocycles. The Labute approximate surface area is 426 Å². The number of hydrogen-bond donors (Lipinski definition) is 0. The van der Waals surface area contributed by atoms with E-state index in [4.69, 9.17) is 14.2 Å². The number of hydrogen-bond acceptors (Lipinski definition) is 6. The SMILES string of the molecule is CC/C=C\C/C=C\C/C=C\C/C=C\CCCCCCCCC(=O)OCC(COC(=O)CC/C=C\C/C=C\C/C=C\C/C=C\CC)OC(=O)CCCCCCCCCCCCCCCCCCCCC. The van der Waals surface area contributed by atoms with Gasteiger partial charge in [-0.1, -0.05) is 259 Å². The van der Waals surface area contributed by atoms with Crippen LogP contribution in [-0.4, -0.2) is 37.2 Å². The lowest BCUT2D eigenvalue weighted by atomic mass is 10.0. The topological polar surface area (TPSA) is 78.9 Å². The lowest BCUT2D eigenvalue weighted by molar-refractivity contribution is -0.166. The van der Waals surface area contributed by atoms with E-state index in [9.17, 15) is 14.4 Å². The minimum Gasteiger partial charge on any atom is -0.462 e. The molecule has 1 unspecified atom stereocenters. The maximum Gasteiger partial charge on any atom is 0.306 e. The first-order chi connectivity index (χ1) is 34.0. The van der Waals surface area contributed by atoms with Gasteiger partial charge in [0.15, 0.2) is 6.10 Å². The Morgan fingerprint density at radius 2 is 0.594 bits per heavy atom. The van der Waals surface area contributed by atoms with E-state index in [1.807, 2.05) is 6.08 Å². The molecule has 6 heteroatoms. The normalized spacial score (nSPS) is 12.8. The molecule has 0 aliphatic rings. The van der Waals surface area contributed by atoms with Gasteiger partial charge < -0.3 is 14.2 Å². The van der Waals surface area contributed by atoms with E-state index >= 15 is 0 Å². The lowest BCUT2D eigenvalue weighted by Gasteiger charge is -2.18. The zero-order chi connectivity index (χ0) is 50.0. The van der Waals surface area contributed by atoms with E-state index in [1.54, 1.807) is 0 Å². The largest absolute Gasteiger partial charge is 0.462 e. The van der Waals surface area contributed by atoms with Crippen LogP contribution in [0.1, 0.15) is 265 Å². The van der Waals surface area contributed by atoms with Gasteiger partial charge in [0, 0.05) is 19.3 Å². The summed E-state index contributed by atoms with van der Waals surface area (Å²) >= 11 is 0. The van der Waals surface area contributed by atoms with Gasteiger partial charge in [-0.05, 0) is 83.5 Å². The molecule has 0 saturated carbocycles. The monoisotopic (exact) mass is 959 g/mol. The van der Waals surface area contributed by atoms with Crippen molar-refractivity contribution in [1.82, 2.24) is 0 Å². The van der Waals surface area contributed by atoms with E-state index in [-0.39, 0.29) is 37.5 Å². The molecule has 0 aliphatic heterocycles. The molecule has 0 rings (SSSR count). The molecular formula is C63H106O6. The zero-order valence-electron chi connectivity index (χ0n) is 45.0. The van der Waals surface area contributed by atoms with Gasteiger partial charge >= 0.3 is 17.9 Å². The summed E-state index contributed by atoms with van der Waals surface area (Å²) < 4.78 is 16.8. The first-order valence-electron chi connectivity index (χ1n) is 28.7. The van der Waals surface area contributed by atoms with Gasteiger partial charge in [0.1, 0.15) is 13.2 Å². The van der Waals surface area contributed by atoms with Crippen LogP contribution >= 0.6 is 0 Å². The van der Waals surface area contributed by atoms with Crippen LogP contribution in [0.5, 0.6) is 0 Å². The Balaban J connectivity index is 4.43. The summed E-state index contributed by atoms with van der Waals surface area (Å²) in [4.78, 5) is 38.1. The summed E-state index contributed by atoms with van der Waals surface area (Å²) in [5.41, 5.74) is 0. The molecule has 0 amide bonds. The molecule has 0 aromatic heterocycles. The van der Waals surface area contributed by atoms with Crippen LogP contribution < -0.4 is 0 Å². The minimum atomic E-state index is -0.812. The van der Waals surface area contributed by atoms with Crippen LogP contribution in [0, 0.1) is 0 Å². The number of esters is 3. The molecule has 0 N–H and O–H groups in total. The van der Waals surface area contributed by atoms with Gasteiger partial charge in [0.05, 0.1) is 0 Å². The highest BCUT2D eigenvalue weighted by molar-refractivity contribution is 5.71. The summed E-state index contributed by atoms with van der Waals surface area (Å²) in [5, 5.41) is 0. The molecule has 0 aliphatic carbocycles. The molecule has 0 aromatic rings. The molecule has 0 spiro atoms. The average Bonchev–Trinajstić information content (AvgIpc) is 3.35. The molecular weight excluding hydrogens is 853 g/mol. The second kappa shape index (κ2) is 56.9. The van der Waals surface area contributed by atoms with Crippen molar-refractivity contribution < 1.29 is 28.6 Å². The molecule has 6 nitrogen and oxygen atoms in total. The lowest BCUT2D eigenvalue weighted by Crippen LogP contribution is -2.30. The van der Waals surface area contributed by atoms with E-state index in [0.717, 1.165) is 103 Å². The second-order valence-electron chi connectivity index (χ2n) is 18.8. The Morgan fingerprint density at radius 1 is 0.304 bits per heavy atom. The number of unbranched alkanes of at least 4 members (excludes halogenated alkanes) is 24. The van der Waals surface area contributed by atoms with Crippen molar-refractivity contribution in [2.75, 3.05) is 13.2 Å². The van der Waals surface area contributed by atoms with Gasteiger partial charge in [-0.15, -0.1) is 0 Å². The van der Waals surface area contributed by atoms with Crippen LogP contribution in [0.15, 0.2) is 97.2 Å². The summed E-state index contributed by atoms with van der Waals surface area (Å²) in [6, 6.07) is 0. The van der Waals surface area contributed by atoms with E-state index < -0.39 is 6.10 Å². The summed E-state index contributed by atoms with van der Waals surface area (Å²) in [6.07, 6.45) is 75.6. The number of allylic oxidation sites excluding steroid dienone is 16. The molecule has 0 fully saturated rings. The molecule has 394 valence electrons. The third kappa shape index (κ3) is 55.1. The standard InChI is InChI=1S/C63H106O6/c1-4-7-10-13-16-19-22-25-27-29-31-33-35-38-41-44-47-50-53-56-62(65)68-59-60(58-67-61(64)55-52-49-46-43-40-37-24-21-18-15-12-9-6-3)69-63(66)57-54-51-48-45-42-39-36-34-32-30-28-26-23-20-17-14-11-8-5-2/h7,9-10,12,16,18-19,21,25,27,31,33,37,40,46,49,60H,4-6,8,11,13-15,17,20,22-24,26,28-30,32,34-36,38-39,41-45,47-48,50-59H2,1-3H3/b10-7-,12-9-,19-16-,21-18-,27-25-,33-31-,40-37-,49-46-. The molecule has 0 aromatic carbocycles. The maximum atomic E-state index is 12.9. The first kappa shape index (κ1) is 65.3. The molecule has 0 radical (unpaired) electrons. The Hall–Kier alpha value is -3.67. The van der Waals surface area contributed by atoms with Crippen LogP contribution in [0.25, 0.3) is 0 Å². The van der Waals surface area contributed by atoms with Crippen LogP contribution in [0.3, 0.4) is 0 Å². The van der Waals surface area contributed by atoms with Gasteiger partial charge in [-0.25, -0.2) is 0 Å². The Bertz CT molecular complexity index is 1380. The number of carbonyl (C=O) groups is 3. The van der Waals surface area contributed by atoms with Crippen molar-refractivity contribution in [1.29, 1.82) is 0 Å². The minimum absolute atomic E-state index is 0.106. The van der Waals surface area contributed by atoms with E-state index in [1.165, 1.54) is 116 Å². The van der Waals surface area contributed by atoms with E-state index in [0.29, 0.717) is 19.3 Å². The van der Waals surface area contributed by atoms with Crippen LogP contribution in [-0.2, 0) is 28.6 Å². The van der Waals surface area contributed by atoms with Gasteiger partial charge in [0.25, 0.3) is 0 Å². The van der Waals surface area contributed by atoms with Crippen LogP contribution in [0.4, 0.5) is 0 Å². The molecule has 69 heavy (non-hydrogen) atoms. The first-order valence-corrected chi connectivity index (χ1v) is 28.7. The highest BCUT2D eigenvalue weighted by Gasteiger charge is 2.19. The number of rotatable bonds is 51. The quantitative estimate of drug-likeness (QED) is 0.0262. The van der Waals surface area contributed by atoms with E-state index in [2.05, 4.69) is 112 Å². The molecule has 0 saturated heterocycles. The molecule has 1 atom stereocenters. The molecule has 0 bridgehead atoms. The Morgan fingerprint density at radius 3 is 0.971 bits per heavy atom. The predicted octanol–water partition coefficient (Wildman–Crippen LogP) is 19.3. The second-order valence-corrected chi connectivity index (χ2v) is 18.8. The van der Waals surface area contributed by atoms with Crippen molar-refractivity contribution in [2.24, 2.45) is 0 Å². The fraction of sp³-hybridized carbons (Fsp3) is 0.698. The summed E-state index contributed by atoms with van der Waals surface area (Å²) in [5.74, 6) is -0.997. The smallest absolute Gasteiger partial charge is 0.306 e. The highest BCUT2D eigenvalue weighted by atomic mass is 16.6. The third-order valence-corrected chi connectivity index (χ3v) is 12.1. The van der Waals surface area contributed by atoms with Crippen molar-refractivity contribution >= 4 is 17.9 Å².